The smallest absolute Gasteiger partial charge is 0.243 e. The van der Waals surface area contributed by atoms with Crippen LogP contribution in [0.15, 0.2) is 17.2 Å². The van der Waals surface area contributed by atoms with E-state index in [4.69, 9.17) is 14.6 Å². The zero-order valence-electron chi connectivity index (χ0n) is 10.00. The van der Waals surface area contributed by atoms with Crippen LogP contribution in [0.2, 0.25) is 0 Å². The number of pyridine rings is 1. The number of nitrogens with two attached hydrogens (primary N) is 1. The third kappa shape index (κ3) is 2.71. The first-order chi connectivity index (χ1) is 8.52. The lowest BCUT2D eigenvalue weighted by Gasteiger charge is -2.28. The molecule has 0 spiro atoms. The lowest BCUT2D eigenvalue weighted by atomic mass is 10.3. The summed E-state index contributed by atoms with van der Waals surface area (Å²) >= 11 is 0. The highest BCUT2D eigenvalue weighted by atomic mass is 32.2. The van der Waals surface area contributed by atoms with Crippen molar-refractivity contribution in [3.8, 4) is 5.88 Å². The first-order valence-corrected chi connectivity index (χ1v) is 6.96. The second kappa shape index (κ2) is 5.09. The van der Waals surface area contributed by atoms with E-state index in [0.717, 1.165) is 0 Å². The Morgan fingerprint density at radius 1 is 1.44 bits per heavy atom. The summed E-state index contributed by atoms with van der Waals surface area (Å²) in [6.07, 6.45) is 1.57. The Balaban J connectivity index is 2.39. The maximum Gasteiger partial charge on any atom is 0.243 e. The summed E-state index contributed by atoms with van der Waals surface area (Å²) < 4.78 is 33.1. The number of morpholine rings is 1. The van der Waals surface area contributed by atoms with Gasteiger partial charge in [0.1, 0.15) is 4.90 Å². The van der Waals surface area contributed by atoms with E-state index in [1.807, 2.05) is 4.90 Å². The van der Waals surface area contributed by atoms with Gasteiger partial charge in [0.2, 0.25) is 15.9 Å². The summed E-state index contributed by atoms with van der Waals surface area (Å²) in [5.41, 5.74) is 0.697. The van der Waals surface area contributed by atoms with E-state index >= 15 is 0 Å². The van der Waals surface area contributed by atoms with E-state index in [0.29, 0.717) is 32.0 Å². The highest BCUT2D eigenvalue weighted by Crippen LogP contribution is 2.25. The van der Waals surface area contributed by atoms with Crippen LogP contribution in [0.25, 0.3) is 0 Å². The van der Waals surface area contributed by atoms with E-state index in [1.165, 1.54) is 13.2 Å². The van der Waals surface area contributed by atoms with E-state index in [2.05, 4.69) is 4.98 Å². The molecule has 2 rings (SSSR count). The highest BCUT2D eigenvalue weighted by molar-refractivity contribution is 7.89. The van der Waals surface area contributed by atoms with Crippen molar-refractivity contribution in [1.29, 1.82) is 0 Å². The summed E-state index contributed by atoms with van der Waals surface area (Å²) in [6, 6.07) is 1.48. The van der Waals surface area contributed by atoms with Gasteiger partial charge in [0.15, 0.2) is 0 Å². The topological polar surface area (TPSA) is 94.8 Å². The largest absolute Gasteiger partial charge is 0.480 e. The number of nitrogens with zero attached hydrogens (tertiary/aromatic N) is 2. The molecule has 0 amide bonds. The van der Waals surface area contributed by atoms with Gasteiger partial charge in [-0.1, -0.05) is 0 Å². The van der Waals surface area contributed by atoms with Crippen LogP contribution in [0.5, 0.6) is 5.88 Å². The van der Waals surface area contributed by atoms with Crippen molar-refractivity contribution in [2.24, 2.45) is 5.14 Å². The van der Waals surface area contributed by atoms with E-state index < -0.39 is 10.0 Å². The van der Waals surface area contributed by atoms with Crippen molar-refractivity contribution < 1.29 is 17.9 Å². The molecule has 100 valence electrons. The number of sulfonamides is 1. The molecule has 1 saturated heterocycles. The molecule has 18 heavy (non-hydrogen) atoms. The van der Waals surface area contributed by atoms with Crippen molar-refractivity contribution in [1.82, 2.24) is 4.98 Å². The Morgan fingerprint density at radius 2 is 2.11 bits per heavy atom. The molecule has 1 fully saturated rings. The molecule has 0 bridgehead atoms. The van der Waals surface area contributed by atoms with Gasteiger partial charge in [0.25, 0.3) is 0 Å². The second-order valence-electron chi connectivity index (χ2n) is 3.85. The average molecular weight is 273 g/mol. The van der Waals surface area contributed by atoms with Gasteiger partial charge in [-0.05, 0) is 6.07 Å². The lowest BCUT2D eigenvalue weighted by Crippen LogP contribution is -2.36. The van der Waals surface area contributed by atoms with Crippen LogP contribution in [0.1, 0.15) is 0 Å². The minimum Gasteiger partial charge on any atom is -0.480 e. The highest BCUT2D eigenvalue weighted by Gasteiger charge is 2.20. The lowest BCUT2D eigenvalue weighted by molar-refractivity contribution is 0.122. The number of primary sulfonamides is 1. The molecule has 0 aliphatic carbocycles. The van der Waals surface area contributed by atoms with Gasteiger partial charge in [0, 0.05) is 13.1 Å². The molecule has 1 aliphatic heterocycles. The number of aromatic nitrogens is 1. The van der Waals surface area contributed by atoms with E-state index in [-0.39, 0.29) is 10.8 Å². The Hall–Kier alpha value is -1.38. The molecular weight excluding hydrogens is 258 g/mol. The Bertz CT molecular complexity index is 526. The normalized spacial score (nSPS) is 16.7. The van der Waals surface area contributed by atoms with Crippen LogP contribution in [-0.2, 0) is 14.8 Å². The molecule has 0 saturated carbocycles. The molecule has 2 heterocycles. The summed E-state index contributed by atoms with van der Waals surface area (Å²) in [7, 11) is -2.50. The number of ether oxygens (including phenoxy) is 2. The first kappa shape index (κ1) is 13.1. The molecule has 0 aromatic carbocycles. The standard InChI is InChI=1S/C10H15N3O4S/c1-16-10-9(18(11,14)15)6-8(7-12-10)13-2-4-17-5-3-13/h6-7H,2-5H2,1H3,(H2,11,14,15). The summed E-state index contributed by atoms with van der Waals surface area (Å²) in [5, 5.41) is 5.14. The van der Waals surface area contributed by atoms with E-state index in [1.54, 1.807) is 6.20 Å². The SMILES string of the molecule is COc1ncc(N2CCOCC2)cc1S(N)(=O)=O. The molecule has 0 atom stereocenters. The van der Waals surface area contributed by atoms with Crippen LogP contribution in [0, 0.1) is 0 Å². The van der Waals surface area contributed by atoms with E-state index in [9.17, 15) is 8.42 Å². The number of anilines is 1. The second-order valence-corrected chi connectivity index (χ2v) is 5.38. The van der Waals surface area contributed by atoms with Crippen LogP contribution in [-0.4, -0.2) is 46.8 Å². The van der Waals surface area contributed by atoms with Gasteiger partial charge in [-0.2, -0.15) is 0 Å². The number of hydrogen-bond donors (Lipinski definition) is 1. The minimum atomic E-state index is -3.85. The average Bonchev–Trinajstić information content (AvgIpc) is 2.38. The van der Waals surface area contributed by atoms with Crippen LogP contribution >= 0.6 is 0 Å². The third-order valence-corrected chi connectivity index (χ3v) is 3.59. The zero-order chi connectivity index (χ0) is 13.2. The van der Waals surface area contributed by atoms with Crippen molar-refractivity contribution in [3.63, 3.8) is 0 Å². The predicted molar refractivity (Wildman–Crippen MR) is 65.2 cm³/mol. The van der Waals surface area contributed by atoms with Crippen LogP contribution in [0.4, 0.5) is 5.69 Å². The Labute approximate surface area is 106 Å². The molecule has 8 heteroatoms. The molecule has 0 radical (unpaired) electrons. The zero-order valence-corrected chi connectivity index (χ0v) is 10.8. The van der Waals surface area contributed by atoms with Crippen LogP contribution < -0.4 is 14.8 Å². The number of methoxy groups -OCH3 is 1. The van der Waals surface area contributed by atoms with Crippen LogP contribution in [0.3, 0.4) is 0 Å². The minimum absolute atomic E-state index is 0.00881. The van der Waals surface area contributed by atoms with Crippen molar-refractivity contribution in [2.75, 3.05) is 38.3 Å². The van der Waals surface area contributed by atoms with Gasteiger partial charge < -0.3 is 14.4 Å². The fraction of sp³-hybridized carbons (Fsp3) is 0.500. The molecule has 1 aromatic rings. The molecule has 1 aliphatic rings. The van der Waals surface area contributed by atoms with Crippen molar-refractivity contribution in [2.45, 2.75) is 4.90 Å². The maximum absolute atomic E-state index is 11.5. The van der Waals surface area contributed by atoms with Gasteiger partial charge >= 0.3 is 0 Å². The van der Waals surface area contributed by atoms with Gasteiger partial charge in [-0.25, -0.2) is 18.5 Å². The number of hydrogen-bond acceptors (Lipinski definition) is 6. The van der Waals surface area contributed by atoms with Crippen molar-refractivity contribution in [3.05, 3.63) is 12.3 Å². The Kier molecular flexibility index (Phi) is 3.69. The monoisotopic (exact) mass is 273 g/mol. The summed E-state index contributed by atoms with van der Waals surface area (Å²) in [5.74, 6) is 0.00881. The maximum atomic E-state index is 11.5. The quantitative estimate of drug-likeness (QED) is 0.803. The Morgan fingerprint density at radius 3 is 2.67 bits per heavy atom. The van der Waals surface area contributed by atoms with Gasteiger partial charge in [-0.15, -0.1) is 0 Å². The van der Waals surface area contributed by atoms with Gasteiger partial charge in [-0.3, -0.25) is 0 Å². The molecular formula is C10H15N3O4S. The molecule has 2 N–H and O–H groups in total. The first-order valence-electron chi connectivity index (χ1n) is 5.42. The fourth-order valence-corrected chi connectivity index (χ4v) is 2.44. The van der Waals surface area contributed by atoms with Gasteiger partial charge in [0.05, 0.1) is 32.2 Å². The predicted octanol–water partition coefficient (Wildman–Crippen LogP) is -0.426. The molecule has 0 unspecified atom stereocenters. The van der Waals surface area contributed by atoms with Crippen molar-refractivity contribution >= 4 is 15.7 Å². The molecule has 1 aromatic heterocycles. The summed E-state index contributed by atoms with van der Waals surface area (Å²) in [6.45, 7) is 2.60. The fourth-order valence-electron chi connectivity index (χ4n) is 1.77. The third-order valence-electron chi connectivity index (χ3n) is 2.68. The number of rotatable bonds is 3. The summed E-state index contributed by atoms with van der Waals surface area (Å²) in [4.78, 5) is 5.86. The molecule has 7 nitrogen and oxygen atoms in total.